The molecule has 2 aliphatic rings. The van der Waals surface area contributed by atoms with Crippen molar-refractivity contribution in [3.05, 3.63) is 53.2 Å². The van der Waals surface area contributed by atoms with Crippen LogP contribution in [0.1, 0.15) is 35.6 Å². The topological polar surface area (TPSA) is 74.3 Å². The molecule has 3 heterocycles. The summed E-state index contributed by atoms with van der Waals surface area (Å²) in [4.78, 5) is 14.8. The summed E-state index contributed by atoms with van der Waals surface area (Å²) >= 11 is 0. The van der Waals surface area contributed by atoms with Crippen LogP contribution < -0.4 is 4.74 Å². The minimum Gasteiger partial charge on any atom is -0.484 e. The van der Waals surface area contributed by atoms with Crippen LogP contribution in [0.4, 0.5) is 0 Å². The third kappa shape index (κ3) is 4.06. The molecule has 0 bridgehead atoms. The number of rotatable bonds is 5. The molecule has 1 aliphatic carbocycles. The van der Waals surface area contributed by atoms with Gasteiger partial charge in [0.05, 0.1) is 17.5 Å². The average Bonchev–Trinajstić information content (AvgIpc) is 3.32. The van der Waals surface area contributed by atoms with Crippen molar-refractivity contribution >= 4 is 10.9 Å². The molecule has 1 aliphatic heterocycles. The standard InChI is InChI=1S/C25H32N4O2/c1-15-25(16(2)28-17(3)27-15)31-24-11-20-14-29(13-19(20)10-23(24)30)9-8-18-12-26-22-7-5-4-6-21(18)22/h4-7,12,19-20,23-24,26,30H,8-11,13-14H2,1-3H3/t19-,20+,23+,24+/m0/s1. The van der Waals surface area contributed by atoms with Gasteiger partial charge in [0.2, 0.25) is 0 Å². The summed E-state index contributed by atoms with van der Waals surface area (Å²) in [6.07, 6.45) is 4.28. The molecule has 0 unspecified atom stereocenters. The van der Waals surface area contributed by atoms with Crippen molar-refractivity contribution in [2.45, 2.75) is 52.2 Å². The normalized spacial score (nSPS) is 26.3. The fourth-order valence-electron chi connectivity index (χ4n) is 5.61. The molecule has 0 radical (unpaired) electrons. The van der Waals surface area contributed by atoms with Crippen molar-refractivity contribution < 1.29 is 9.84 Å². The first-order chi connectivity index (χ1) is 15.0. The summed E-state index contributed by atoms with van der Waals surface area (Å²) in [6, 6.07) is 8.51. The van der Waals surface area contributed by atoms with Gasteiger partial charge in [-0.1, -0.05) is 18.2 Å². The maximum atomic E-state index is 10.8. The molecule has 1 aromatic carbocycles. The quantitative estimate of drug-likeness (QED) is 0.660. The van der Waals surface area contributed by atoms with Crippen LogP contribution in [0.3, 0.4) is 0 Å². The second-order valence-corrected chi connectivity index (χ2v) is 9.36. The number of nitrogens with one attached hydrogen (secondary N) is 1. The lowest BCUT2D eigenvalue weighted by Crippen LogP contribution is -2.42. The van der Waals surface area contributed by atoms with Crippen molar-refractivity contribution in [2.75, 3.05) is 19.6 Å². The third-order valence-corrected chi connectivity index (χ3v) is 7.12. The molecule has 6 heteroatoms. The first-order valence-corrected chi connectivity index (χ1v) is 11.4. The number of para-hydroxylation sites is 1. The van der Waals surface area contributed by atoms with Crippen LogP contribution in [0, 0.1) is 32.6 Å². The zero-order chi connectivity index (χ0) is 21.5. The summed E-state index contributed by atoms with van der Waals surface area (Å²) in [5.41, 5.74) is 4.30. The monoisotopic (exact) mass is 420 g/mol. The molecule has 3 aromatic rings. The van der Waals surface area contributed by atoms with Crippen molar-refractivity contribution in [3.63, 3.8) is 0 Å². The maximum absolute atomic E-state index is 10.8. The number of hydrogen-bond donors (Lipinski definition) is 2. The van der Waals surface area contributed by atoms with Crippen LogP contribution in [-0.2, 0) is 6.42 Å². The summed E-state index contributed by atoms with van der Waals surface area (Å²) < 4.78 is 6.30. The van der Waals surface area contributed by atoms with Crippen molar-refractivity contribution in [3.8, 4) is 5.75 Å². The molecule has 6 nitrogen and oxygen atoms in total. The van der Waals surface area contributed by atoms with E-state index in [1.54, 1.807) is 0 Å². The minimum absolute atomic E-state index is 0.182. The molecule has 2 aromatic heterocycles. The first-order valence-electron chi connectivity index (χ1n) is 11.4. The molecule has 0 amide bonds. The number of H-pyrrole nitrogens is 1. The Labute approximate surface area is 183 Å². The molecule has 1 saturated heterocycles. The third-order valence-electron chi connectivity index (χ3n) is 7.12. The van der Waals surface area contributed by atoms with E-state index in [2.05, 4.69) is 50.3 Å². The lowest BCUT2D eigenvalue weighted by atomic mass is 9.78. The predicted octanol–water partition coefficient (Wildman–Crippen LogP) is 3.58. The smallest absolute Gasteiger partial charge is 0.162 e. The van der Waals surface area contributed by atoms with Gasteiger partial charge in [-0.25, -0.2) is 9.97 Å². The van der Waals surface area contributed by atoms with Crippen LogP contribution in [0.25, 0.3) is 10.9 Å². The summed E-state index contributed by atoms with van der Waals surface area (Å²) in [5, 5.41) is 12.1. The lowest BCUT2D eigenvalue weighted by Gasteiger charge is -2.35. The summed E-state index contributed by atoms with van der Waals surface area (Å²) in [6.45, 7) is 9.02. The van der Waals surface area contributed by atoms with Crippen LogP contribution in [0.5, 0.6) is 5.75 Å². The largest absolute Gasteiger partial charge is 0.484 e. The van der Waals surface area contributed by atoms with Gasteiger partial charge < -0.3 is 19.7 Å². The number of ether oxygens (including phenoxy) is 1. The van der Waals surface area contributed by atoms with Crippen molar-refractivity contribution in [2.24, 2.45) is 11.8 Å². The fourth-order valence-corrected chi connectivity index (χ4v) is 5.61. The Kier molecular flexibility index (Phi) is 5.44. The minimum atomic E-state index is -0.435. The maximum Gasteiger partial charge on any atom is 0.162 e. The van der Waals surface area contributed by atoms with E-state index >= 15 is 0 Å². The highest BCUT2D eigenvalue weighted by Crippen LogP contribution is 2.38. The van der Waals surface area contributed by atoms with Crippen LogP contribution >= 0.6 is 0 Å². The number of fused-ring (bicyclic) bond motifs is 2. The molecule has 2 fully saturated rings. The van der Waals surface area contributed by atoms with Gasteiger partial charge in [0.15, 0.2) is 5.75 Å². The molecule has 1 saturated carbocycles. The van der Waals surface area contributed by atoms with Gasteiger partial charge in [0.1, 0.15) is 11.9 Å². The van der Waals surface area contributed by atoms with E-state index in [-0.39, 0.29) is 6.10 Å². The average molecular weight is 421 g/mol. The number of aromatic nitrogens is 3. The number of hydrogen-bond acceptors (Lipinski definition) is 5. The van der Waals surface area contributed by atoms with Crippen LogP contribution in [0.15, 0.2) is 30.5 Å². The molecule has 5 rings (SSSR count). The molecule has 2 N–H and O–H groups in total. The van der Waals surface area contributed by atoms with Crippen molar-refractivity contribution in [1.82, 2.24) is 19.9 Å². The van der Waals surface area contributed by atoms with Crippen LogP contribution in [-0.4, -0.2) is 56.8 Å². The van der Waals surface area contributed by atoms with Gasteiger partial charge in [0.25, 0.3) is 0 Å². The Balaban J connectivity index is 1.22. The number of benzene rings is 1. The van der Waals surface area contributed by atoms with Crippen molar-refractivity contribution in [1.29, 1.82) is 0 Å². The SMILES string of the molecule is Cc1nc(C)c(O[C@@H]2C[C@@H]3CN(CCc4c[nH]c5ccccc45)C[C@@H]3C[C@H]2O)c(C)n1. The van der Waals surface area contributed by atoms with Crippen LogP contribution in [0.2, 0.25) is 0 Å². The Hall–Kier alpha value is -2.44. The number of aromatic amines is 1. The number of likely N-dealkylation sites (tertiary alicyclic amines) is 1. The van der Waals surface area contributed by atoms with E-state index in [9.17, 15) is 5.11 Å². The van der Waals surface area contributed by atoms with Gasteiger partial charge in [0, 0.05) is 36.7 Å². The Bertz CT molecular complexity index is 1060. The Morgan fingerprint density at radius 2 is 1.77 bits per heavy atom. The van der Waals surface area contributed by atoms with Gasteiger partial charge in [-0.3, -0.25) is 0 Å². The van der Waals surface area contributed by atoms with E-state index in [1.165, 1.54) is 16.5 Å². The molecule has 164 valence electrons. The highest BCUT2D eigenvalue weighted by molar-refractivity contribution is 5.83. The second-order valence-electron chi connectivity index (χ2n) is 9.36. The summed E-state index contributed by atoms with van der Waals surface area (Å²) in [7, 11) is 0. The number of nitrogens with zero attached hydrogens (tertiary/aromatic N) is 3. The lowest BCUT2D eigenvalue weighted by molar-refractivity contribution is -0.0240. The number of aliphatic hydroxyl groups is 1. The highest BCUT2D eigenvalue weighted by atomic mass is 16.5. The number of aliphatic hydroxyl groups excluding tert-OH is 1. The van der Waals surface area contributed by atoms with Gasteiger partial charge in [-0.05, 0) is 63.5 Å². The zero-order valence-electron chi connectivity index (χ0n) is 18.6. The van der Waals surface area contributed by atoms with Gasteiger partial charge in [-0.15, -0.1) is 0 Å². The molecule has 4 atom stereocenters. The molecule has 31 heavy (non-hydrogen) atoms. The van der Waals surface area contributed by atoms with E-state index in [0.717, 1.165) is 61.9 Å². The van der Waals surface area contributed by atoms with Gasteiger partial charge in [-0.2, -0.15) is 0 Å². The van der Waals surface area contributed by atoms with Gasteiger partial charge >= 0.3 is 0 Å². The first kappa shape index (κ1) is 20.5. The Morgan fingerprint density at radius 3 is 2.55 bits per heavy atom. The molecular formula is C25H32N4O2. The number of aryl methyl sites for hydroxylation is 3. The van der Waals surface area contributed by atoms with E-state index in [1.807, 2.05) is 20.8 Å². The predicted molar refractivity (Wildman–Crippen MR) is 121 cm³/mol. The van der Waals surface area contributed by atoms with E-state index < -0.39 is 6.10 Å². The molecule has 0 spiro atoms. The second kappa shape index (κ2) is 8.24. The zero-order valence-corrected chi connectivity index (χ0v) is 18.6. The van der Waals surface area contributed by atoms with E-state index in [4.69, 9.17) is 4.74 Å². The van der Waals surface area contributed by atoms with E-state index in [0.29, 0.717) is 11.8 Å². The summed E-state index contributed by atoms with van der Waals surface area (Å²) in [5.74, 6) is 2.62. The highest BCUT2D eigenvalue weighted by Gasteiger charge is 2.42. The molecular weight excluding hydrogens is 388 g/mol. The Morgan fingerprint density at radius 1 is 1.06 bits per heavy atom. The fraction of sp³-hybridized carbons (Fsp3) is 0.520.